The van der Waals surface area contributed by atoms with Crippen molar-refractivity contribution in [2.75, 3.05) is 0 Å². The molecule has 0 unspecified atom stereocenters. The molecule has 2 rings (SSSR count). The number of hydrogen-bond donors (Lipinski definition) is 0. The van der Waals surface area contributed by atoms with Gasteiger partial charge in [-0.15, -0.1) is 0 Å². The molecule has 0 spiro atoms. The summed E-state index contributed by atoms with van der Waals surface area (Å²) in [7, 11) is 0. The molecule has 12 heavy (non-hydrogen) atoms. The fraction of sp³-hybridized carbons (Fsp3) is 0.400. The zero-order chi connectivity index (χ0) is 8.55. The molecular weight excluding hydrogens is 172 g/mol. The maximum atomic E-state index is 5.94. The van der Waals surface area contributed by atoms with Gasteiger partial charge in [-0.3, -0.25) is 0 Å². The van der Waals surface area contributed by atoms with E-state index in [-0.39, 0.29) is 0 Å². The van der Waals surface area contributed by atoms with Crippen molar-refractivity contribution in [1.29, 1.82) is 0 Å². The molecule has 0 aliphatic heterocycles. The lowest BCUT2D eigenvalue weighted by molar-refractivity contribution is 0.303. The molecule has 1 aromatic carbocycles. The highest BCUT2D eigenvalue weighted by atomic mass is 35.5. The van der Waals surface area contributed by atoms with Gasteiger partial charge in [-0.1, -0.05) is 17.7 Å². The van der Waals surface area contributed by atoms with Crippen LogP contribution in [0.1, 0.15) is 18.4 Å². The summed E-state index contributed by atoms with van der Waals surface area (Å²) in [5, 5.41) is 0.785. The summed E-state index contributed by atoms with van der Waals surface area (Å²) in [6, 6.07) is 5.84. The minimum Gasteiger partial charge on any atom is -0.490 e. The van der Waals surface area contributed by atoms with E-state index < -0.39 is 0 Å². The summed E-state index contributed by atoms with van der Waals surface area (Å²) in [6.45, 7) is 1.99. The van der Waals surface area contributed by atoms with Crippen LogP contribution in [0.25, 0.3) is 0 Å². The van der Waals surface area contributed by atoms with Crippen molar-refractivity contribution in [2.24, 2.45) is 0 Å². The van der Waals surface area contributed by atoms with Gasteiger partial charge in [0.05, 0.1) is 6.10 Å². The highest BCUT2D eigenvalue weighted by molar-refractivity contribution is 6.31. The second-order valence-electron chi connectivity index (χ2n) is 3.23. The van der Waals surface area contributed by atoms with Gasteiger partial charge in [0.25, 0.3) is 0 Å². The molecule has 1 aliphatic carbocycles. The quantitative estimate of drug-likeness (QED) is 0.683. The molecule has 0 aromatic heterocycles. The molecule has 0 saturated heterocycles. The summed E-state index contributed by atoms with van der Waals surface area (Å²) in [5.74, 6) is 0.896. The Morgan fingerprint density at radius 3 is 2.75 bits per heavy atom. The van der Waals surface area contributed by atoms with Gasteiger partial charge in [0, 0.05) is 5.02 Å². The van der Waals surface area contributed by atoms with E-state index in [0.717, 1.165) is 16.3 Å². The predicted octanol–water partition coefficient (Wildman–Crippen LogP) is 3.19. The monoisotopic (exact) mass is 182 g/mol. The van der Waals surface area contributed by atoms with Crippen molar-refractivity contribution in [3.63, 3.8) is 0 Å². The van der Waals surface area contributed by atoms with Crippen LogP contribution in [0.5, 0.6) is 5.75 Å². The van der Waals surface area contributed by atoms with E-state index in [4.69, 9.17) is 16.3 Å². The van der Waals surface area contributed by atoms with E-state index in [1.165, 1.54) is 12.8 Å². The third-order valence-electron chi connectivity index (χ3n) is 1.97. The van der Waals surface area contributed by atoms with E-state index in [2.05, 4.69) is 0 Å². The van der Waals surface area contributed by atoms with Gasteiger partial charge in [0.2, 0.25) is 0 Å². The second-order valence-corrected chi connectivity index (χ2v) is 3.64. The largest absolute Gasteiger partial charge is 0.490 e. The van der Waals surface area contributed by atoms with E-state index >= 15 is 0 Å². The number of hydrogen-bond acceptors (Lipinski definition) is 1. The van der Waals surface area contributed by atoms with Crippen molar-refractivity contribution in [2.45, 2.75) is 25.9 Å². The van der Waals surface area contributed by atoms with E-state index in [9.17, 15) is 0 Å². The van der Waals surface area contributed by atoms with Crippen LogP contribution in [0.2, 0.25) is 5.02 Å². The normalized spacial score (nSPS) is 16.2. The maximum absolute atomic E-state index is 5.94. The van der Waals surface area contributed by atoms with Gasteiger partial charge in [0.1, 0.15) is 5.75 Å². The number of benzene rings is 1. The van der Waals surface area contributed by atoms with E-state index in [1.807, 2.05) is 25.1 Å². The minimum absolute atomic E-state index is 0.448. The molecule has 0 N–H and O–H groups in total. The van der Waals surface area contributed by atoms with E-state index in [0.29, 0.717) is 6.10 Å². The Morgan fingerprint density at radius 1 is 1.42 bits per heavy atom. The SMILES string of the molecule is Cc1ccc(OC2CC2)cc1Cl. The van der Waals surface area contributed by atoms with Crippen LogP contribution in [-0.2, 0) is 0 Å². The third-order valence-corrected chi connectivity index (χ3v) is 2.38. The topological polar surface area (TPSA) is 9.23 Å². The fourth-order valence-electron chi connectivity index (χ4n) is 1.03. The van der Waals surface area contributed by atoms with Crippen LogP contribution in [0.15, 0.2) is 18.2 Å². The average Bonchev–Trinajstić information content (AvgIpc) is 2.81. The summed E-state index contributed by atoms with van der Waals surface area (Å²) < 4.78 is 5.58. The van der Waals surface area contributed by atoms with Crippen molar-refractivity contribution < 1.29 is 4.74 Å². The Morgan fingerprint density at radius 2 is 2.17 bits per heavy atom. The minimum atomic E-state index is 0.448. The van der Waals surface area contributed by atoms with Crippen LogP contribution >= 0.6 is 11.6 Å². The molecule has 0 heterocycles. The highest BCUT2D eigenvalue weighted by Gasteiger charge is 2.23. The first-order valence-corrected chi connectivity index (χ1v) is 4.56. The van der Waals surface area contributed by atoms with Gasteiger partial charge in [-0.2, -0.15) is 0 Å². The first-order valence-electron chi connectivity index (χ1n) is 4.18. The summed E-state index contributed by atoms with van der Waals surface area (Å²) >= 11 is 5.94. The lowest BCUT2D eigenvalue weighted by Gasteiger charge is -2.05. The van der Waals surface area contributed by atoms with Gasteiger partial charge in [-0.25, -0.2) is 0 Å². The lowest BCUT2D eigenvalue weighted by Crippen LogP contribution is -1.95. The van der Waals surface area contributed by atoms with Gasteiger partial charge < -0.3 is 4.74 Å². The molecule has 64 valence electrons. The van der Waals surface area contributed by atoms with Crippen LogP contribution in [0.4, 0.5) is 0 Å². The van der Waals surface area contributed by atoms with Crippen molar-refractivity contribution in [3.8, 4) is 5.75 Å². The maximum Gasteiger partial charge on any atom is 0.121 e. The smallest absolute Gasteiger partial charge is 0.121 e. The molecule has 1 fully saturated rings. The molecule has 2 heteroatoms. The van der Waals surface area contributed by atoms with Crippen molar-refractivity contribution >= 4 is 11.6 Å². The number of aryl methyl sites for hydroxylation is 1. The zero-order valence-electron chi connectivity index (χ0n) is 7.01. The molecule has 0 atom stereocenters. The molecule has 0 radical (unpaired) electrons. The van der Waals surface area contributed by atoms with E-state index in [1.54, 1.807) is 0 Å². The van der Waals surface area contributed by atoms with Crippen LogP contribution in [0.3, 0.4) is 0 Å². The van der Waals surface area contributed by atoms with Crippen molar-refractivity contribution in [1.82, 2.24) is 0 Å². The number of ether oxygens (including phenoxy) is 1. The second kappa shape index (κ2) is 2.98. The molecule has 0 bridgehead atoms. The molecule has 0 amide bonds. The Bertz CT molecular complexity index is 292. The first-order chi connectivity index (χ1) is 5.75. The highest BCUT2D eigenvalue weighted by Crippen LogP contribution is 2.29. The Hall–Kier alpha value is -0.690. The van der Waals surface area contributed by atoms with Crippen LogP contribution in [-0.4, -0.2) is 6.10 Å². The van der Waals surface area contributed by atoms with Gasteiger partial charge in [-0.05, 0) is 37.5 Å². The summed E-state index contributed by atoms with van der Waals surface area (Å²) in [4.78, 5) is 0. The average molecular weight is 183 g/mol. The molecule has 1 saturated carbocycles. The molecular formula is C10H11ClO. The zero-order valence-corrected chi connectivity index (χ0v) is 7.77. The Labute approximate surface area is 77.3 Å². The predicted molar refractivity (Wildman–Crippen MR) is 49.8 cm³/mol. The third kappa shape index (κ3) is 1.72. The Balaban J connectivity index is 2.15. The van der Waals surface area contributed by atoms with Crippen LogP contribution < -0.4 is 4.74 Å². The fourth-order valence-corrected chi connectivity index (χ4v) is 1.20. The van der Waals surface area contributed by atoms with Crippen LogP contribution in [0, 0.1) is 6.92 Å². The summed E-state index contributed by atoms with van der Waals surface area (Å²) in [6.07, 6.45) is 2.82. The van der Waals surface area contributed by atoms with Gasteiger partial charge >= 0.3 is 0 Å². The molecule has 1 aromatic rings. The first kappa shape index (κ1) is 7.93. The van der Waals surface area contributed by atoms with Gasteiger partial charge in [0.15, 0.2) is 0 Å². The van der Waals surface area contributed by atoms with Crippen molar-refractivity contribution in [3.05, 3.63) is 28.8 Å². The Kier molecular flexibility index (Phi) is 1.97. The standard InChI is InChI=1S/C10H11ClO/c1-7-2-3-9(6-10(7)11)12-8-4-5-8/h2-3,6,8H,4-5H2,1H3. The molecule has 1 aliphatic rings. The molecule has 1 nitrogen and oxygen atoms in total. The number of rotatable bonds is 2. The summed E-state index contributed by atoms with van der Waals surface area (Å²) in [5.41, 5.74) is 1.10. The lowest BCUT2D eigenvalue weighted by atomic mass is 10.2. The number of halogens is 1.